The van der Waals surface area contributed by atoms with Crippen molar-refractivity contribution in [1.29, 1.82) is 0 Å². The Morgan fingerprint density at radius 3 is 2.47 bits per heavy atom. The molecule has 1 aliphatic rings. The lowest BCUT2D eigenvalue weighted by Gasteiger charge is -2.23. The summed E-state index contributed by atoms with van der Waals surface area (Å²) in [5.41, 5.74) is 2.96. The fourth-order valence-electron chi connectivity index (χ4n) is 3.92. The van der Waals surface area contributed by atoms with Crippen LogP contribution < -0.4 is 10.6 Å². The quantitative estimate of drug-likeness (QED) is 0.481. The van der Waals surface area contributed by atoms with E-state index in [1.165, 1.54) is 32.1 Å². The van der Waals surface area contributed by atoms with Crippen LogP contribution in [0.25, 0.3) is 11.3 Å². The molecule has 1 heterocycles. The number of hydrogen-bond acceptors (Lipinski definition) is 4. The van der Waals surface area contributed by atoms with Crippen molar-refractivity contribution in [3.05, 3.63) is 66.7 Å². The molecule has 1 aliphatic carbocycles. The topological polar surface area (TPSA) is 67.2 Å². The predicted octanol–water partition coefficient (Wildman–Crippen LogP) is 6.05. The normalized spacial score (nSPS) is 14.4. The van der Waals surface area contributed by atoms with Crippen LogP contribution in [0.5, 0.6) is 0 Å². The number of carbonyl (C=O) groups excluding carboxylic acids is 1. The summed E-state index contributed by atoms with van der Waals surface area (Å²) in [5.74, 6) is 1.44. The summed E-state index contributed by atoms with van der Waals surface area (Å²) in [6.07, 6.45) is 9.99. The molecule has 0 bridgehead atoms. The van der Waals surface area contributed by atoms with Crippen molar-refractivity contribution < 1.29 is 9.21 Å². The Labute approximate surface area is 177 Å². The second-order valence-corrected chi connectivity index (χ2v) is 7.94. The molecule has 0 atom stereocenters. The van der Waals surface area contributed by atoms with Gasteiger partial charge in [0.15, 0.2) is 11.7 Å². The van der Waals surface area contributed by atoms with Crippen molar-refractivity contribution in [3.63, 3.8) is 0 Å². The first-order valence-electron chi connectivity index (χ1n) is 10.9. The molecule has 0 radical (unpaired) electrons. The van der Waals surface area contributed by atoms with Crippen LogP contribution in [-0.2, 0) is 11.2 Å². The highest BCUT2D eigenvalue weighted by atomic mass is 16.4. The third kappa shape index (κ3) is 5.72. The molecule has 30 heavy (non-hydrogen) atoms. The van der Waals surface area contributed by atoms with Gasteiger partial charge in [0.2, 0.25) is 5.91 Å². The van der Waals surface area contributed by atoms with Crippen molar-refractivity contribution in [2.45, 2.75) is 57.4 Å². The van der Waals surface area contributed by atoms with Gasteiger partial charge < -0.3 is 15.1 Å². The number of rotatable bonds is 8. The van der Waals surface area contributed by atoms with Crippen LogP contribution in [0.15, 0.2) is 65.2 Å². The Morgan fingerprint density at radius 2 is 1.70 bits per heavy atom. The van der Waals surface area contributed by atoms with Gasteiger partial charge in [-0.3, -0.25) is 4.79 Å². The van der Waals surface area contributed by atoms with E-state index in [2.05, 4.69) is 15.6 Å². The number of hydrogen-bond donors (Lipinski definition) is 2. The molecule has 1 aromatic heterocycles. The van der Waals surface area contributed by atoms with Gasteiger partial charge in [-0.25, -0.2) is 4.98 Å². The molecule has 5 heteroatoms. The zero-order valence-electron chi connectivity index (χ0n) is 17.3. The average Bonchev–Trinajstić information content (AvgIpc) is 3.25. The number of oxazole rings is 1. The molecule has 3 aromatic rings. The number of nitrogens with zero attached hydrogens (tertiary/aromatic N) is 1. The summed E-state index contributed by atoms with van der Waals surface area (Å²) in [6, 6.07) is 18.5. The molecule has 1 amide bonds. The van der Waals surface area contributed by atoms with E-state index >= 15 is 0 Å². The highest BCUT2D eigenvalue weighted by Gasteiger charge is 2.13. The summed E-state index contributed by atoms with van der Waals surface area (Å²) >= 11 is 0. The van der Waals surface area contributed by atoms with Crippen molar-refractivity contribution >= 4 is 17.3 Å². The fraction of sp³-hybridized carbons (Fsp3) is 0.360. The third-order valence-electron chi connectivity index (χ3n) is 5.55. The van der Waals surface area contributed by atoms with E-state index in [0.29, 0.717) is 31.2 Å². The molecule has 156 valence electrons. The molecule has 0 unspecified atom stereocenters. The fourth-order valence-corrected chi connectivity index (χ4v) is 3.92. The zero-order valence-corrected chi connectivity index (χ0v) is 17.3. The van der Waals surface area contributed by atoms with Crippen LogP contribution in [0.3, 0.4) is 0 Å². The minimum Gasteiger partial charge on any atom is -0.441 e. The van der Waals surface area contributed by atoms with Gasteiger partial charge in [-0.05, 0) is 43.5 Å². The molecule has 0 aliphatic heterocycles. The smallest absolute Gasteiger partial charge is 0.224 e. The van der Waals surface area contributed by atoms with Gasteiger partial charge in [0, 0.05) is 35.8 Å². The molecule has 1 fully saturated rings. The summed E-state index contributed by atoms with van der Waals surface area (Å²) in [4.78, 5) is 16.6. The maximum atomic E-state index is 12.3. The highest BCUT2D eigenvalue weighted by Crippen LogP contribution is 2.23. The molecule has 5 nitrogen and oxygen atoms in total. The Bertz CT molecular complexity index is 929. The van der Waals surface area contributed by atoms with Crippen LogP contribution in [0.2, 0.25) is 0 Å². The summed E-state index contributed by atoms with van der Waals surface area (Å²) in [7, 11) is 0. The van der Waals surface area contributed by atoms with E-state index in [4.69, 9.17) is 4.42 Å². The number of aryl methyl sites for hydroxylation is 1. The molecule has 0 spiro atoms. The Hall–Kier alpha value is -3.08. The van der Waals surface area contributed by atoms with E-state index in [1.54, 1.807) is 6.20 Å². The predicted molar refractivity (Wildman–Crippen MR) is 120 cm³/mol. The molecule has 0 saturated heterocycles. The Morgan fingerprint density at radius 1 is 0.967 bits per heavy atom. The van der Waals surface area contributed by atoms with Gasteiger partial charge in [0.05, 0.1) is 6.20 Å². The summed E-state index contributed by atoms with van der Waals surface area (Å²) < 4.78 is 5.80. The number of carbonyl (C=O) groups is 1. The first kappa shape index (κ1) is 20.2. The van der Waals surface area contributed by atoms with Crippen LogP contribution >= 0.6 is 0 Å². The van der Waals surface area contributed by atoms with E-state index in [0.717, 1.165) is 22.7 Å². The maximum Gasteiger partial charge on any atom is 0.224 e. The van der Waals surface area contributed by atoms with E-state index < -0.39 is 0 Å². The van der Waals surface area contributed by atoms with Crippen molar-refractivity contribution in [1.82, 2.24) is 4.98 Å². The van der Waals surface area contributed by atoms with Crippen LogP contribution in [0, 0.1) is 0 Å². The second-order valence-electron chi connectivity index (χ2n) is 7.94. The van der Waals surface area contributed by atoms with Crippen LogP contribution in [-0.4, -0.2) is 16.9 Å². The largest absolute Gasteiger partial charge is 0.441 e. The monoisotopic (exact) mass is 403 g/mol. The molecule has 1 saturated carbocycles. The zero-order chi connectivity index (χ0) is 20.6. The molecule has 4 rings (SSSR count). The molecular weight excluding hydrogens is 374 g/mol. The minimum absolute atomic E-state index is 0.0119. The number of nitrogens with one attached hydrogen (secondary N) is 2. The highest BCUT2D eigenvalue weighted by molar-refractivity contribution is 5.90. The minimum atomic E-state index is 0.0119. The first-order valence-corrected chi connectivity index (χ1v) is 10.9. The first-order chi connectivity index (χ1) is 14.8. The average molecular weight is 404 g/mol. The van der Waals surface area contributed by atoms with Crippen molar-refractivity contribution in [3.8, 4) is 11.3 Å². The van der Waals surface area contributed by atoms with Gasteiger partial charge in [-0.1, -0.05) is 49.6 Å². The molecule has 2 aromatic carbocycles. The SMILES string of the molecule is O=C(CCCc1ncc(-c2ccccc2)o1)Nc1ccc(NC2CCCCC2)cc1. The molecule has 2 N–H and O–H groups in total. The van der Waals surface area contributed by atoms with Gasteiger partial charge in [-0.2, -0.15) is 0 Å². The van der Waals surface area contributed by atoms with Crippen LogP contribution in [0.4, 0.5) is 11.4 Å². The third-order valence-corrected chi connectivity index (χ3v) is 5.55. The Kier molecular flexibility index (Phi) is 6.80. The standard InChI is InChI=1S/C25H29N3O2/c29-24(12-7-13-25-26-18-23(30-25)19-8-3-1-4-9-19)28-22-16-14-21(15-17-22)27-20-10-5-2-6-11-20/h1,3-4,8-9,14-18,20,27H,2,5-7,10-13H2,(H,28,29). The van der Waals surface area contributed by atoms with Gasteiger partial charge >= 0.3 is 0 Å². The number of benzene rings is 2. The van der Waals surface area contributed by atoms with E-state index in [1.807, 2.05) is 54.6 Å². The number of amides is 1. The summed E-state index contributed by atoms with van der Waals surface area (Å²) in [5, 5.41) is 6.57. The number of anilines is 2. The van der Waals surface area contributed by atoms with E-state index in [9.17, 15) is 4.79 Å². The van der Waals surface area contributed by atoms with Crippen molar-refractivity contribution in [2.24, 2.45) is 0 Å². The summed E-state index contributed by atoms with van der Waals surface area (Å²) in [6.45, 7) is 0. The number of aromatic nitrogens is 1. The Balaban J connectivity index is 1.20. The van der Waals surface area contributed by atoms with Gasteiger partial charge in [-0.15, -0.1) is 0 Å². The lowest BCUT2D eigenvalue weighted by atomic mass is 9.95. The lowest BCUT2D eigenvalue weighted by Crippen LogP contribution is -2.22. The maximum absolute atomic E-state index is 12.3. The van der Waals surface area contributed by atoms with Crippen molar-refractivity contribution in [2.75, 3.05) is 10.6 Å². The lowest BCUT2D eigenvalue weighted by molar-refractivity contribution is -0.116. The second kappa shape index (κ2) is 10.1. The van der Waals surface area contributed by atoms with Gasteiger partial charge in [0.25, 0.3) is 0 Å². The molecular formula is C25H29N3O2. The van der Waals surface area contributed by atoms with Gasteiger partial charge in [0.1, 0.15) is 0 Å². The van der Waals surface area contributed by atoms with E-state index in [-0.39, 0.29) is 5.91 Å². The van der Waals surface area contributed by atoms with Crippen LogP contribution in [0.1, 0.15) is 50.8 Å².